The monoisotopic (exact) mass is 380 g/mol. The van der Waals surface area contributed by atoms with Crippen molar-refractivity contribution in [1.82, 2.24) is 14.9 Å². The van der Waals surface area contributed by atoms with Crippen molar-refractivity contribution < 1.29 is 9.13 Å². The second kappa shape index (κ2) is 8.10. The summed E-state index contributed by atoms with van der Waals surface area (Å²) in [4.78, 5) is 11.4. The number of hydrogen-bond acceptors (Lipinski definition) is 5. The van der Waals surface area contributed by atoms with Crippen LogP contribution in [-0.4, -0.2) is 40.1 Å². The lowest BCUT2D eigenvalue weighted by atomic mass is 10.1. The molecule has 28 heavy (non-hydrogen) atoms. The van der Waals surface area contributed by atoms with Crippen LogP contribution in [0.25, 0.3) is 10.9 Å². The van der Waals surface area contributed by atoms with Gasteiger partial charge in [-0.2, -0.15) is 0 Å². The van der Waals surface area contributed by atoms with Gasteiger partial charge in [0.1, 0.15) is 17.7 Å². The molecule has 6 heteroatoms. The first-order chi connectivity index (χ1) is 13.6. The molecule has 0 radical (unpaired) electrons. The number of nitrogens with one attached hydrogen (secondary N) is 1. The highest BCUT2D eigenvalue weighted by atomic mass is 19.1. The zero-order chi connectivity index (χ0) is 19.5. The molecule has 2 aromatic carbocycles. The Bertz CT molecular complexity index is 937. The zero-order valence-electron chi connectivity index (χ0n) is 16.2. The molecule has 0 atom stereocenters. The van der Waals surface area contributed by atoms with Crippen LogP contribution in [0.5, 0.6) is 5.75 Å². The maximum Gasteiger partial charge on any atom is 0.227 e. The molecule has 1 N–H and O–H groups in total. The summed E-state index contributed by atoms with van der Waals surface area (Å²) >= 11 is 0. The largest absolute Gasteiger partial charge is 0.490 e. The van der Waals surface area contributed by atoms with Gasteiger partial charge in [-0.1, -0.05) is 0 Å². The first-order valence-electron chi connectivity index (χ1n) is 9.77. The fourth-order valence-electron chi connectivity index (χ4n) is 3.50. The van der Waals surface area contributed by atoms with Crippen LogP contribution in [0.3, 0.4) is 0 Å². The van der Waals surface area contributed by atoms with Crippen LogP contribution in [0.1, 0.15) is 26.7 Å². The van der Waals surface area contributed by atoms with Gasteiger partial charge >= 0.3 is 0 Å². The molecule has 4 rings (SSSR count). The van der Waals surface area contributed by atoms with Crippen LogP contribution in [0.4, 0.5) is 16.0 Å². The third-order valence-electron chi connectivity index (χ3n) is 5.16. The molecular formula is C22H25FN4O. The number of rotatable bonds is 5. The molecule has 0 saturated carbocycles. The van der Waals surface area contributed by atoms with E-state index in [1.54, 1.807) is 18.3 Å². The van der Waals surface area contributed by atoms with Crippen molar-refractivity contribution in [2.24, 2.45) is 0 Å². The molecule has 0 aliphatic carbocycles. The number of anilines is 2. The molecule has 0 spiro atoms. The van der Waals surface area contributed by atoms with E-state index in [1.807, 2.05) is 18.2 Å². The molecule has 5 nitrogen and oxygen atoms in total. The van der Waals surface area contributed by atoms with E-state index in [0.717, 1.165) is 48.3 Å². The van der Waals surface area contributed by atoms with Crippen molar-refractivity contribution in [3.8, 4) is 5.75 Å². The molecule has 1 aliphatic heterocycles. The number of piperidine rings is 1. The van der Waals surface area contributed by atoms with E-state index in [9.17, 15) is 4.39 Å². The molecule has 0 unspecified atom stereocenters. The number of benzene rings is 2. The fraction of sp³-hybridized carbons (Fsp3) is 0.364. The lowest BCUT2D eigenvalue weighted by Gasteiger charge is -2.34. The van der Waals surface area contributed by atoms with Crippen molar-refractivity contribution in [1.29, 1.82) is 0 Å². The highest BCUT2D eigenvalue weighted by molar-refractivity contribution is 5.80. The number of aromatic nitrogens is 2. The zero-order valence-corrected chi connectivity index (χ0v) is 16.2. The summed E-state index contributed by atoms with van der Waals surface area (Å²) in [6.45, 7) is 6.62. The molecule has 1 saturated heterocycles. The molecule has 1 fully saturated rings. The molecular weight excluding hydrogens is 355 g/mol. The second-order valence-corrected chi connectivity index (χ2v) is 7.49. The van der Waals surface area contributed by atoms with Gasteiger partial charge in [0.15, 0.2) is 0 Å². The van der Waals surface area contributed by atoms with E-state index in [-0.39, 0.29) is 11.9 Å². The van der Waals surface area contributed by atoms with Gasteiger partial charge in [-0.15, -0.1) is 0 Å². The Hall–Kier alpha value is -2.73. The maximum absolute atomic E-state index is 13.1. The van der Waals surface area contributed by atoms with Crippen LogP contribution in [0.2, 0.25) is 0 Å². The number of fused-ring (bicyclic) bond motifs is 1. The van der Waals surface area contributed by atoms with Gasteiger partial charge in [-0.3, -0.25) is 0 Å². The SMILES string of the molecule is CC(C)N1CCC(Oc2ccc3cnc(Nc4ccc(F)cc4)nc3c2)CC1. The highest BCUT2D eigenvalue weighted by Gasteiger charge is 2.22. The average molecular weight is 380 g/mol. The summed E-state index contributed by atoms with van der Waals surface area (Å²) in [6, 6.07) is 12.6. The third-order valence-corrected chi connectivity index (χ3v) is 5.16. The summed E-state index contributed by atoms with van der Waals surface area (Å²) < 4.78 is 19.3. The number of ether oxygens (including phenoxy) is 1. The minimum Gasteiger partial charge on any atom is -0.490 e. The summed E-state index contributed by atoms with van der Waals surface area (Å²) in [5.74, 6) is 1.04. The molecule has 146 valence electrons. The topological polar surface area (TPSA) is 50.3 Å². The Labute approximate surface area is 164 Å². The summed E-state index contributed by atoms with van der Waals surface area (Å²) in [7, 11) is 0. The minimum atomic E-state index is -0.272. The van der Waals surface area contributed by atoms with Gasteiger partial charge in [-0.25, -0.2) is 14.4 Å². The van der Waals surface area contributed by atoms with E-state index >= 15 is 0 Å². The number of likely N-dealkylation sites (tertiary alicyclic amines) is 1. The fourth-order valence-corrected chi connectivity index (χ4v) is 3.50. The Morgan fingerprint density at radius 2 is 1.86 bits per heavy atom. The smallest absolute Gasteiger partial charge is 0.227 e. The normalized spacial score (nSPS) is 15.9. The van der Waals surface area contributed by atoms with Crippen molar-refractivity contribution in [3.05, 3.63) is 54.5 Å². The maximum atomic E-state index is 13.1. The van der Waals surface area contributed by atoms with Gasteiger partial charge in [0.25, 0.3) is 0 Å². The standard InChI is InChI=1S/C22H25FN4O/c1-15(2)27-11-9-19(10-12-27)28-20-8-3-16-14-24-22(26-21(16)13-20)25-18-6-4-17(23)5-7-18/h3-8,13-15,19H,9-12H2,1-2H3,(H,24,25,26). The van der Waals surface area contributed by atoms with Crippen LogP contribution >= 0.6 is 0 Å². The van der Waals surface area contributed by atoms with Gasteiger partial charge in [0, 0.05) is 42.5 Å². The van der Waals surface area contributed by atoms with Crippen molar-refractivity contribution >= 4 is 22.5 Å². The van der Waals surface area contributed by atoms with Gasteiger partial charge in [0.05, 0.1) is 5.52 Å². The van der Waals surface area contributed by atoms with Crippen molar-refractivity contribution in [2.75, 3.05) is 18.4 Å². The Balaban J connectivity index is 1.46. The van der Waals surface area contributed by atoms with Crippen LogP contribution < -0.4 is 10.1 Å². The van der Waals surface area contributed by atoms with E-state index in [1.165, 1.54) is 12.1 Å². The second-order valence-electron chi connectivity index (χ2n) is 7.49. The Morgan fingerprint density at radius 3 is 2.57 bits per heavy atom. The quantitative estimate of drug-likeness (QED) is 0.691. The van der Waals surface area contributed by atoms with E-state index in [0.29, 0.717) is 12.0 Å². The van der Waals surface area contributed by atoms with Gasteiger partial charge in [-0.05, 0) is 63.1 Å². The molecule has 1 aromatic heterocycles. The Morgan fingerprint density at radius 1 is 1.11 bits per heavy atom. The van der Waals surface area contributed by atoms with Crippen molar-refractivity contribution in [3.63, 3.8) is 0 Å². The van der Waals surface area contributed by atoms with Gasteiger partial charge < -0.3 is 15.0 Å². The summed E-state index contributed by atoms with van der Waals surface area (Å²) in [6.07, 6.45) is 4.10. The van der Waals surface area contributed by atoms with E-state index in [2.05, 4.69) is 34.0 Å². The van der Waals surface area contributed by atoms with Crippen LogP contribution in [0.15, 0.2) is 48.7 Å². The molecule has 1 aliphatic rings. The number of hydrogen-bond donors (Lipinski definition) is 1. The Kier molecular flexibility index (Phi) is 5.39. The van der Waals surface area contributed by atoms with Crippen molar-refractivity contribution in [2.45, 2.75) is 38.8 Å². The third kappa shape index (κ3) is 4.39. The number of halogens is 1. The summed E-state index contributed by atoms with van der Waals surface area (Å²) in [5.41, 5.74) is 1.56. The first kappa shape index (κ1) is 18.6. The molecule has 0 amide bonds. The van der Waals surface area contributed by atoms with E-state index < -0.39 is 0 Å². The van der Waals surface area contributed by atoms with Gasteiger partial charge in [0.2, 0.25) is 5.95 Å². The lowest BCUT2D eigenvalue weighted by molar-refractivity contribution is 0.0844. The predicted molar refractivity (Wildman–Crippen MR) is 110 cm³/mol. The number of nitrogens with zero attached hydrogens (tertiary/aromatic N) is 3. The highest BCUT2D eigenvalue weighted by Crippen LogP contribution is 2.24. The molecule has 3 aromatic rings. The lowest BCUT2D eigenvalue weighted by Crippen LogP contribution is -2.41. The summed E-state index contributed by atoms with van der Waals surface area (Å²) in [5, 5.41) is 4.05. The predicted octanol–water partition coefficient (Wildman–Crippen LogP) is 4.76. The molecule has 0 bridgehead atoms. The van der Waals surface area contributed by atoms with E-state index in [4.69, 9.17) is 4.74 Å². The minimum absolute atomic E-state index is 0.242. The van der Waals surface area contributed by atoms with Crippen LogP contribution in [0, 0.1) is 5.82 Å². The first-order valence-corrected chi connectivity index (χ1v) is 9.77. The van der Waals surface area contributed by atoms with Crippen LogP contribution in [-0.2, 0) is 0 Å². The average Bonchev–Trinajstić information content (AvgIpc) is 2.70. The molecule has 2 heterocycles.